The molecule has 33 heavy (non-hydrogen) atoms. The van der Waals surface area contributed by atoms with Gasteiger partial charge in [-0.05, 0) is 86.9 Å². The normalized spacial score (nSPS) is 9.67. The maximum absolute atomic E-state index is 10.9. The number of benzene rings is 2. The van der Waals surface area contributed by atoms with Crippen LogP contribution in [0, 0.1) is 0 Å². The van der Waals surface area contributed by atoms with Gasteiger partial charge in [-0.1, -0.05) is 28.1 Å². The summed E-state index contributed by atoms with van der Waals surface area (Å²) in [6.45, 7) is 0. The Morgan fingerprint density at radius 3 is 1.79 bits per heavy atom. The topological polar surface area (TPSA) is 93.1 Å². The van der Waals surface area contributed by atoms with Crippen molar-refractivity contribution in [3.8, 4) is 11.5 Å². The van der Waals surface area contributed by atoms with Crippen LogP contribution < -0.4 is 0 Å². The summed E-state index contributed by atoms with van der Waals surface area (Å²) in [7, 11) is 2.74. The number of phenols is 2. The predicted octanol–water partition coefficient (Wildman–Crippen LogP) is 7.75. The van der Waals surface area contributed by atoms with Gasteiger partial charge < -0.3 is 19.7 Å². The third-order valence-corrected chi connectivity index (χ3v) is 5.99. The number of hydrogen-bond acceptors (Lipinski definition) is 6. The molecule has 0 saturated carbocycles. The van der Waals surface area contributed by atoms with Crippen LogP contribution in [0.25, 0.3) is 0 Å². The first-order chi connectivity index (χ1) is 15.7. The average Bonchev–Trinajstić information content (AvgIpc) is 2.81. The van der Waals surface area contributed by atoms with Crippen molar-refractivity contribution in [3.05, 3.63) is 54.9 Å². The van der Waals surface area contributed by atoms with Crippen molar-refractivity contribution in [1.82, 2.24) is 0 Å². The smallest absolute Gasteiger partial charge is 0.305 e. The second-order valence-electron chi connectivity index (χ2n) is 6.50. The number of rotatable bonds is 8. The Kier molecular flexibility index (Phi) is 18.3. The largest absolute Gasteiger partial charge is 0.506 e. The van der Waals surface area contributed by atoms with Crippen LogP contribution in [0.5, 0.6) is 11.5 Å². The molecule has 0 heterocycles. The molecule has 0 aliphatic carbocycles. The van der Waals surface area contributed by atoms with Crippen LogP contribution in [-0.4, -0.2) is 36.4 Å². The second-order valence-corrected chi connectivity index (χ2v) is 9.13. The number of phenolic OH excluding ortho intramolecular Hbond substituents is 2. The number of aryl methyl sites for hydroxylation is 2. The zero-order chi connectivity index (χ0) is 25.4. The van der Waals surface area contributed by atoms with Crippen molar-refractivity contribution in [1.29, 1.82) is 0 Å². The molecule has 0 fully saturated rings. The first kappa shape index (κ1) is 32.4. The number of hydrogen-bond donors (Lipinski definition) is 2. The Hall–Kier alpha value is -0.620. The fourth-order valence-corrected chi connectivity index (χ4v) is 4.34. The van der Waals surface area contributed by atoms with Gasteiger partial charge in [-0.15, -0.1) is 0 Å². The van der Waals surface area contributed by atoms with E-state index in [-0.39, 0.29) is 23.4 Å². The summed E-state index contributed by atoms with van der Waals surface area (Å²) >= 11 is 15.3. The summed E-state index contributed by atoms with van der Waals surface area (Å²) in [5.74, 6) is 0.0356. The molecule has 0 aliphatic heterocycles. The molecule has 2 aromatic carbocycles. The van der Waals surface area contributed by atoms with Crippen LogP contribution in [0.2, 0.25) is 0 Å². The molecule has 0 unspecified atom stereocenters. The van der Waals surface area contributed by atoms with Gasteiger partial charge in [0.1, 0.15) is 11.5 Å². The monoisotopic (exact) mass is 780 g/mol. The molecule has 0 atom stereocenters. The minimum absolute atomic E-state index is 0.218. The summed E-state index contributed by atoms with van der Waals surface area (Å²) in [5, 5.41) is 19.4. The van der Waals surface area contributed by atoms with E-state index >= 15 is 0 Å². The van der Waals surface area contributed by atoms with Crippen LogP contribution >= 0.6 is 76.0 Å². The fraction of sp³-hybridized carbons (Fsp3) is 0.364. The second kappa shape index (κ2) is 18.7. The van der Waals surface area contributed by atoms with Gasteiger partial charge in [0, 0.05) is 45.6 Å². The van der Waals surface area contributed by atoms with Crippen molar-refractivity contribution >= 4 is 88.0 Å². The predicted molar refractivity (Wildman–Crippen MR) is 147 cm³/mol. The molecule has 0 aromatic heterocycles. The van der Waals surface area contributed by atoms with Crippen molar-refractivity contribution in [2.24, 2.45) is 0 Å². The standard InChI is InChI=1S/C11H12Br2O3.C11H13BrO3.Br2/c1-16-10(14)4-2-3-7-5-8(12)6-9(13)11(7)15;1-15-10(13)7-3-5-8-4-2-6-9(12)11(8)14;1-2/h5-6,15H,2-4H2,1H3;2,4,6,14H,3,5,7H2,1H3;. The van der Waals surface area contributed by atoms with E-state index in [1.54, 1.807) is 12.1 Å². The van der Waals surface area contributed by atoms with Crippen LogP contribution in [0.15, 0.2) is 43.7 Å². The van der Waals surface area contributed by atoms with Crippen LogP contribution in [0.1, 0.15) is 36.8 Å². The summed E-state index contributed by atoms with van der Waals surface area (Å²) in [6.07, 6.45) is 3.38. The van der Waals surface area contributed by atoms with E-state index < -0.39 is 0 Å². The summed E-state index contributed by atoms with van der Waals surface area (Å²) < 4.78 is 11.3. The van der Waals surface area contributed by atoms with Crippen molar-refractivity contribution in [2.75, 3.05) is 14.2 Å². The molecule has 0 bridgehead atoms. The number of carbonyl (C=O) groups is 2. The molecule has 184 valence electrons. The van der Waals surface area contributed by atoms with Crippen molar-refractivity contribution < 1.29 is 29.3 Å². The molecule has 2 N–H and O–H groups in total. The zero-order valence-corrected chi connectivity index (χ0v) is 26.0. The van der Waals surface area contributed by atoms with E-state index in [0.29, 0.717) is 47.5 Å². The van der Waals surface area contributed by atoms with Crippen LogP contribution in [-0.2, 0) is 31.9 Å². The Morgan fingerprint density at radius 1 is 0.788 bits per heavy atom. The number of halogens is 5. The highest BCUT2D eigenvalue weighted by atomic mass is 80.9. The molecule has 2 aromatic rings. The van der Waals surface area contributed by atoms with E-state index in [4.69, 9.17) is 0 Å². The number of carbonyl (C=O) groups excluding carboxylic acids is 2. The Balaban J connectivity index is 0.000000578. The first-order valence-electron chi connectivity index (χ1n) is 9.60. The molecule has 11 heteroatoms. The molecule has 6 nitrogen and oxygen atoms in total. The third-order valence-electron chi connectivity index (χ3n) is 4.29. The lowest BCUT2D eigenvalue weighted by Gasteiger charge is -2.07. The van der Waals surface area contributed by atoms with Gasteiger partial charge in [-0.2, -0.15) is 0 Å². The molecule has 0 aliphatic rings. The highest BCUT2D eigenvalue weighted by molar-refractivity contribution is 9.93. The molecule has 0 saturated heterocycles. The quantitative estimate of drug-likeness (QED) is 0.266. The van der Waals surface area contributed by atoms with Gasteiger partial charge in [0.25, 0.3) is 0 Å². The molecule has 0 amide bonds. The maximum atomic E-state index is 10.9. The van der Waals surface area contributed by atoms with Gasteiger partial charge >= 0.3 is 11.9 Å². The number of ether oxygens (including phenoxy) is 2. The maximum Gasteiger partial charge on any atom is 0.305 e. The molecule has 0 radical (unpaired) electrons. The van der Waals surface area contributed by atoms with Crippen LogP contribution in [0.4, 0.5) is 0 Å². The average molecular weight is 785 g/mol. The number of para-hydroxylation sites is 1. The lowest BCUT2D eigenvalue weighted by Crippen LogP contribution is -2.00. The highest BCUT2D eigenvalue weighted by Crippen LogP contribution is 2.32. The molecule has 0 spiro atoms. The van der Waals surface area contributed by atoms with E-state index in [0.717, 1.165) is 15.6 Å². The minimum Gasteiger partial charge on any atom is -0.506 e. The third kappa shape index (κ3) is 13.2. The highest BCUT2D eigenvalue weighted by Gasteiger charge is 2.09. The molecular weight excluding hydrogens is 760 g/mol. The Labute approximate surface area is 234 Å². The van der Waals surface area contributed by atoms with E-state index in [1.165, 1.54) is 14.2 Å². The Bertz CT molecular complexity index is 892. The van der Waals surface area contributed by atoms with Gasteiger partial charge in [0.05, 0.1) is 23.2 Å². The van der Waals surface area contributed by atoms with Crippen molar-refractivity contribution in [2.45, 2.75) is 38.5 Å². The first-order valence-corrected chi connectivity index (χ1v) is 15.7. The molecular formula is C22H25Br5O6. The summed E-state index contributed by atoms with van der Waals surface area (Å²) in [4.78, 5) is 21.8. The minimum atomic E-state index is -0.228. The van der Waals surface area contributed by atoms with E-state index in [2.05, 4.69) is 85.5 Å². The van der Waals surface area contributed by atoms with Gasteiger partial charge in [-0.25, -0.2) is 0 Å². The number of esters is 2. The van der Waals surface area contributed by atoms with Gasteiger partial charge in [0.15, 0.2) is 0 Å². The lowest BCUT2D eigenvalue weighted by molar-refractivity contribution is -0.141. The van der Waals surface area contributed by atoms with E-state index in [1.807, 2.05) is 18.2 Å². The molecule has 2 rings (SSSR count). The van der Waals surface area contributed by atoms with Gasteiger partial charge in [-0.3, -0.25) is 9.59 Å². The van der Waals surface area contributed by atoms with Gasteiger partial charge in [0.2, 0.25) is 0 Å². The Morgan fingerprint density at radius 2 is 1.27 bits per heavy atom. The van der Waals surface area contributed by atoms with E-state index in [9.17, 15) is 19.8 Å². The summed E-state index contributed by atoms with van der Waals surface area (Å²) in [5.41, 5.74) is 1.65. The summed E-state index contributed by atoms with van der Waals surface area (Å²) in [6, 6.07) is 9.10. The zero-order valence-electron chi connectivity index (χ0n) is 18.0. The van der Waals surface area contributed by atoms with Crippen molar-refractivity contribution in [3.63, 3.8) is 0 Å². The number of aromatic hydroxyl groups is 2. The SMILES string of the molecule is BrBr.COC(=O)CCCc1cc(Br)cc(Br)c1O.COC(=O)CCCc1cccc(Br)c1O. The van der Waals surface area contributed by atoms with Crippen LogP contribution in [0.3, 0.4) is 0 Å². The lowest BCUT2D eigenvalue weighted by atomic mass is 10.1. The fourth-order valence-electron chi connectivity index (χ4n) is 2.62. The number of methoxy groups -OCH3 is 2.